The van der Waals surface area contributed by atoms with Crippen molar-refractivity contribution in [2.24, 2.45) is 5.92 Å². The van der Waals surface area contributed by atoms with Crippen molar-refractivity contribution in [1.82, 2.24) is 19.7 Å². The second-order valence-electron chi connectivity index (χ2n) is 9.31. The second kappa shape index (κ2) is 8.80. The van der Waals surface area contributed by atoms with Crippen LogP contribution < -0.4 is 0 Å². The Kier molecular flexibility index (Phi) is 6.83. The highest BCUT2D eigenvalue weighted by molar-refractivity contribution is 6.77. The number of aromatic nitrogens is 4. The summed E-state index contributed by atoms with van der Waals surface area (Å²) >= 11 is 5.99. The Morgan fingerprint density at radius 2 is 1.64 bits per heavy atom. The van der Waals surface area contributed by atoms with Crippen LogP contribution in [0.5, 0.6) is 0 Å². The molecule has 5 nitrogen and oxygen atoms in total. The number of hydrogen-bond acceptors (Lipinski definition) is 4. The van der Waals surface area contributed by atoms with Gasteiger partial charge in [0.05, 0.1) is 17.6 Å². The first-order valence-electron chi connectivity index (χ1n) is 10.7. The monoisotopic (exact) mass is 422 g/mol. The van der Waals surface area contributed by atoms with Gasteiger partial charge in [-0.05, 0) is 59.8 Å². The number of nitrogens with zero attached hydrogens (tertiary/aromatic N) is 4. The maximum Gasteiger partial charge on any atom is 0.224 e. The zero-order chi connectivity index (χ0) is 20.5. The molecule has 156 valence electrons. The molecule has 0 aliphatic heterocycles. The van der Waals surface area contributed by atoms with E-state index < -0.39 is 8.32 Å². The Labute approximate surface area is 175 Å². The third-order valence-corrected chi connectivity index (χ3v) is 13.0. The minimum atomic E-state index is -1.77. The van der Waals surface area contributed by atoms with Crippen LogP contribution in [-0.4, -0.2) is 34.7 Å². The van der Waals surface area contributed by atoms with Crippen LogP contribution in [0.3, 0.4) is 0 Å². The number of rotatable bonds is 7. The lowest BCUT2D eigenvalue weighted by molar-refractivity contribution is 0.165. The van der Waals surface area contributed by atoms with Gasteiger partial charge in [-0.1, -0.05) is 41.5 Å². The summed E-state index contributed by atoms with van der Waals surface area (Å²) in [5.41, 5.74) is 2.78. The van der Waals surface area contributed by atoms with Gasteiger partial charge >= 0.3 is 0 Å². The van der Waals surface area contributed by atoms with Crippen LogP contribution in [0.25, 0.3) is 11.0 Å². The maximum atomic E-state index is 6.84. The maximum absolute atomic E-state index is 6.84. The zero-order valence-corrected chi connectivity index (χ0v) is 19.9. The average Bonchev–Trinajstić information content (AvgIpc) is 3.05. The van der Waals surface area contributed by atoms with Crippen LogP contribution in [0.2, 0.25) is 21.9 Å². The predicted molar refractivity (Wildman–Crippen MR) is 118 cm³/mol. The lowest BCUT2D eigenvalue weighted by Crippen LogP contribution is -2.48. The number of halogens is 1. The molecule has 0 saturated heterocycles. The van der Waals surface area contributed by atoms with Crippen molar-refractivity contribution in [3.05, 3.63) is 17.7 Å². The van der Waals surface area contributed by atoms with E-state index in [0.29, 0.717) is 28.6 Å². The molecule has 2 aromatic heterocycles. The van der Waals surface area contributed by atoms with Crippen molar-refractivity contribution in [3.63, 3.8) is 0 Å². The van der Waals surface area contributed by atoms with Crippen molar-refractivity contribution < 1.29 is 4.43 Å². The normalized spacial score (nSPS) is 21.4. The molecule has 0 N–H and O–H groups in total. The Bertz CT molecular complexity index is 762. The fourth-order valence-corrected chi connectivity index (χ4v) is 11.1. The first-order valence-corrected chi connectivity index (χ1v) is 13.3. The molecule has 7 heteroatoms. The Balaban J connectivity index is 1.63. The van der Waals surface area contributed by atoms with Crippen molar-refractivity contribution in [2.45, 2.75) is 89.9 Å². The highest BCUT2D eigenvalue weighted by atomic mass is 35.5. The van der Waals surface area contributed by atoms with Crippen molar-refractivity contribution in [1.29, 1.82) is 0 Å². The molecule has 1 aliphatic carbocycles. The van der Waals surface area contributed by atoms with Gasteiger partial charge in [-0.25, -0.2) is 9.67 Å². The minimum Gasteiger partial charge on any atom is -0.416 e. The van der Waals surface area contributed by atoms with E-state index in [1.54, 1.807) is 6.20 Å². The highest BCUT2D eigenvalue weighted by Gasteiger charge is 2.45. The van der Waals surface area contributed by atoms with E-state index in [0.717, 1.165) is 30.5 Å². The smallest absolute Gasteiger partial charge is 0.224 e. The molecule has 1 fully saturated rings. The van der Waals surface area contributed by atoms with E-state index >= 15 is 0 Å². The summed E-state index contributed by atoms with van der Waals surface area (Å²) in [6, 6.07) is 0.391. The summed E-state index contributed by atoms with van der Waals surface area (Å²) in [5, 5.41) is 5.81. The molecular weight excluding hydrogens is 388 g/mol. The summed E-state index contributed by atoms with van der Waals surface area (Å²) in [6.45, 7) is 15.1. The minimum absolute atomic E-state index is 0.286. The molecule has 1 saturated carbocycles. The summed E-state index contributed by atoms with van der Waals surface area (Å²) in [6.07, 6.45) is 8.20. The van der Waals surface area contributed by atoms with E-state index in [4.69, 9.17) is 16.0 Å². The molecule has 3 rings (SSSR count). The summed E-state index contributed by atoms with van der Waals surface area (Å²) in [5.74, 6) is 0.652. The standard InChI is InChI=1S/C21H35ClN4OSi/c1-14(2)28(15(3)4,16(5)6)27-13-17-7-9-19(10-8-17)26-20-18(12-24-26)11-23-21(22)25-20/h11-12,14-17,19H,7-10,13H2,1-6H3. The van der Waals surface area contributed by atoms with Gasteiger partial charge in [0.2, 0.25) is 5.28 Å². The molecule has 0 amide bonds. The first-order chi connectivity index (χ1) is 13.3. The molecule has 1 aliphatic rings. The van der Waals surface area contributed by atoms with Gasteiger partial charge in [-0.2, -0.15) is 10.1 Å². The van der Waals surface area contributed by atoms with Crippen LogP contribution in [0, 0.1) is 5.92 Å². The fraction of sp³-hybridized carbons (Fsp3) is 0.762. The van der Waals surface area contributed by atoms with Crippen LogP contribution in [-0.2, 0) is 4.43 Å². The average molecular weight is 423 g/mol. The summed E-state index contributed by atoms with van der Waals surface area (Å²) in [7, 11) is -1.77. The van der Waals surface area contributed by atoms with Gasteiger partial charge in [0, 0.05) is 12.8 Å². The lowest BCUT2D eigenvalue weighted by Gasteiger charge is -2.43. The van der Waals surface area contributed by atoms with Gasteiger partial charge < -0.3 is 4.43 Å². The van der Waals surface area contributed by atoms with Gasteiger partial charge in [-0.15, -0.1) is 0 Å². The largest absolute Gasteiger partial charge is 0.416 e. The van der Waals surface area contributed by atoms with E-state index in [-0.39, 0.29) is 5.28 Å². The highest BCUT2D eigenvalue weighted by Crippen LogP contribution is 2.43. The molecule has 2 heterocycles. The van der Waals surface area contributed by atoms with E-state index in [1.807, 2.05) is 6.20 Å². The molecule has 28 heavy (non-hydrogen) atoms. The Morgan fingerprint density at radius 3 is 2.21 bits per heavy atom. The van der Waals surface area contributed by atoms with E-state index in [9.17, 15) is 0 Å². The van der Waals surface area contributed by atoms with Crippen molar-refractivity contribution in [3.8, 4) is 0 Å². The molecule has 0 aromatic carbocycles. The Hall–Kier alpha value is -0.983. The molecule has 2 aromatic rings. The SMILES string of the molecule is CC(C)[Si](OCC1CCC(n2ncc3cnc(Cl)nc32)CC1)(C(C)C)C(C)C. The van der Waals surface area contributed by atoms with Gasteiger partial charge in [0.25, 0.3) is 0 Å². The summed E-state index contributed by atoms with van der Waals surface area (Å²) in [4.78, 5) is 8.45. The quantitative estimate of drug-likeness (QED) is 0.382. The van der Waals surface area contributed by atoms with E-state index in [1.165, 1.54) is 12.8 Å². The molecule has 0 radical (unpaired) electrons. The fourth-order valence-electron chi connectivity index (χ4n) is 5.40. The van der Waals surface area contributed by atoms with Gasteiger partial charge in [0.15, 0.2) is 14.0 Å². The topological polar surface area (TPSA) is 52.8 Å². The van der Waals surface area contributed by atoms with Crippen LogP contribution >= 0.6 is 11.6 Å². The van der Waals surface area contributed by atoms with Crippen LogP contribution in [0.1, 0.15) is 73.3 Å². The molecule has 0 atom stereocenters. The van der Waals surface area contributed by atoms with Crippen molar-refractivity contribution >= 4 is 31.0 Å². The molecular formula is C21H35ClN4OSi. The summed E-state index contributed by atoms with van der Waals surface area (Å²) < 4.78 is 8.89. The first kappa shape index (κ1) is 21.7. The number of fused-ring (bicyclic) bond motifs is 1. The molecule has 0 unspecified atom stereocenters. The zero-order valence-electron chi connectivity index (χ0n) is 18.2. The van der Waals surface area contributed by atoms with Crippen molar-refractivity contribution in [2.75, 3.05) is 6.61 Å². The number of hydrogen-bond donors (Lipinski definition) is 0. The lowest BCUT2D eigenvalue weighted by atomic mass is 9.87. The Morgan fingerprint density at radius 1 is 1.04 bits per heavy atom. The van der Waals surface area contributed by atoms with E-state index in [2.05, 4.69) is 61.3 Å². The third kappa shape index (κ3) is 4.14. The van der Waals surface area contributed by atoms with Crippen LogP contribution in [0.15, 0.2) is 12.4 Å². The molecule has 0 bridgehead atoms. The second-order valence-corrected chi connectivity index (χ2v) is 15.1. The van der Waals surface area contributed by atoms with Crippen LogP contribution in [0.4, 0.5) is 0 Å². The van der Waals surface area contributed by atoms with Gasteiger partial charge in [-0.3, -0.25) is 0 Å². The predicted octanol–water partition coefficient (Wildman–Crippen LogP) is 6.40. The third-order valence-electron chi connectivity index (χ3n) is 6.74. The molecule has 0 spiro atoms. The van der Waals surface area contributed by atoms with Gasteiger partial charge in [0.1, 0.15) is 0 Å².